The fourth-order valence-corrected chi connectivity index (χ4v) is 1.48. The molecule has 1 aromatic heterocycles. The summed E-state index contributed by atoms with van der Waals surface area (Å²) in [5, 5.41) is 13.4. The molecule has 0 aliphatic carbocycles. The highest BCUT2D eigenvalue weighted by Crippen LogP contribution is 2.15. The number of rotatable bonds is 3. The third-order valence-electron chi connectivity index (χ3n) is 2.34. The van der Waals surface area contributed by atoms with Crippen molar-refractivity contribution in [2.45, 2.75) is 19.2 Å². The molecule has 0 radical (unpaired) electrons. The lowest BCUT2D eigenvalue weighted by atomic mass is 10.2. The molecular weight excluding hydrogens is 254 g/mol. The molecule has 1 aromatic carbocycles. The molecule has 1 heterocycles. The Morgan fingerprint density at radius 2 is 2.28 bits per heavy atom. The molecule has 0 aliphatic heterocycles. The van der Waals surface area contributed by atoms with Gasteiger partial charge in [-0.2, -0.15) is 4.68 Å². The summed E-state index contributed by atoms with van der Waals surface area (Å²) in [4.78, 5) is 11.5. The summed E-state index contributed by atoms with van der Waals surface area (Å²) in [6.45, 7) is 3.42. The first-order valence-corrected chi connectivity index (χ1v) is 5.82. The Morgan fingerprint density at radius 1 is 1.50 bits per heavy atom. The van der Waals surface area contributed by atoms with E-state index in [0.29, 0.717) is 11.5 Å². The molecule has 1 amide bonds. The minimum Gasteiger partial charge on any atom is -0.325 e. The van der Waals surface area contributed by atoms with Crippen molar-refractivity contribution < 1.29 is 4.79 Å². The van der Waals surface area contributed by atoms with E-state index in [0.717, 1.165) is 5.69 Å². The van der Waals surface area contributed by atoms with Crippen molar-refractivity contribution in [2.24, 2.45) is 0 Å². The number of carbonyl (C=O) groups excluding carboxylic acids is 1. The quantitative estimate of drug-likeness (QED) is 0.855. The third kappa shape index (κ3) is 2.65. The van der Waals surface area contributed by atoms with Gasteiger partial charge in [0.1, 0.15) is 5.38 Å². The van der Waals surface area contributed by atoms with Crippen LogP contribution in [-0.2, 0) is 4.79 Å². The van der Waals surface area contributed by atoms with E-state index in [9.17, 15) is 4.79 Å². The minimum atomic E-state index is -0.580. The fraction of sp³-hybridized carbons (Fsp3) is 0.273. The van der Waals surface area contributed by atoms with Gasteiger partial charge in [0.2, 0.25) is 5.91 Å². The molecule has 0 saturated carbocycles. The summed E-state index contributed by atoms with van der Waals surface area (Å²) in [5.74, 6) is 0.423. The number of aromatic nitrogens is 4. The highest BCUT2D eigenvalue weighted by atomic mass is 35.5. The Morgan fingerprint density at radius 3 is 2.89 bits per heavy atom. The highest BCUT2D eigenvalue weighted by Gasteiger charge is 2.10. The van der Waals surface area contributed by atoms with E-state index in [1.165, 1.54) is 0 Å². The average molecular weight is 266 g/mol. The molecule has 94 valence electrons. The summed E-state index contributed by atoms with van der Waals surface area (Å²) in [6, 6.07) is 7.22. The van der Waals surface area contributed by atoms with Gasteiger partial charge in [0.05, 0.1) is 5.69 Å². The van der Waals surface area contributed by atoms with Crippen LogP contribution in [0, 0.1) is 6.92 Å². The van der Waals surface area contributed by atoms with Gasteiger partial charge < -0.3 is 5.32 Å². The normalized spacial score (nSPS) is 12.2. The number of carbonyl (C=O) groups is 1. The summed E-state index contributed by atoms with van der Waals surface area (Å²) in [6.07, 6.45) is 0. The molecule has 1 atom stereocenters. The number of tetrazole rings is 1. The van der Waals surface area contributed by atoms with Crippen molar-refractivity contribution in [1.82, 2.24) is 20.2 Å². The fourth-order valence-electron chi connectivity index (χ4n) is 1.43. The zero-order valence-electron chi connectivity index (χ0n) is 9.96. The van der Waals surface area contributed by atoms with Crippen molar-refractivity contribution in [1.29, 1.82) is 0 Å². The van der Waals surface area contributed by atoms with Crippen LogP contribution < -0.4 is 5.32 Å². The molecule has 0 spiro atoms. The lowest BCUT2D eigenvalue weighted by Crippen LogP contribution is -2.20. The number of hydrogen-bond donors (Lipinski definition) is 1. The number of nitrogens with one attached hydrogen (secondary N) is 1. The second-order valence-electron chi connectivity index (χ2n) is 3.79. The van der Waals surface area contributed by atoms with Gasteiger partial charge in [0.25, 0.3) is 0 Å². The lowest BCUT2D eigenvalue weighted by molar-refractivity contribution is -0.115. The number of halogens is 1. The van der Waals surface area contributed by atoms with Crippen LogP contribution >= 0.6 is 11.6 Å². The standard InChI is InChI=1S/C11H12ClN5O/c1-7(12)11(18)13-9-4-3-5-10(6-9)17-8(2)14-15-16-17/h3-7H,1-2H3,(H,13,18). The van der Waals surface area contributed by atoms with E-state index in [2.05, 4.69) is 20.8 Å². The molecule has 18 heavy (non-hydrogen) atoms. The number of hydrogen-bond acceptors (Lipinski definition) is 4. The number of nitrogens with zero attached hydrogens (tertiary/aromatic N) is 4. The summed E-state index contributed by atoms with van der Waals surface area (Å²) in [5.41, 5.74) is 1.43. The van der Waals surface area contributed by atoms with Crippen molar-refractivity contribution in [2.75, 3.05) is 5.32 Å². The first-order valence-electron chi connectivity index (χ1n) is 5.38. The summed E-state index contributed by atoms with van der Waals surface area (Å²) >= 11 is 5.69. The van der Waals surface area contributed by atoms with Gasteiger partial charge in [-0.05, 0) is 42.5 Å². The van der Waals surface area contributed by atoms with Gasteiger partial charge in [0, 0.05) is 5.69 Å². The van der Waals surface area contributed by atoms with E-state index in [1.807, 2.05) is 12.1 Å². The number of anilines is 1. The lowest BCUT2D eigenvalue weighted by Gasteiger charge is -2.08. The maximum absolute atomic E-state index is 11.5. The van der Waals surface area contributed by atoms with Crippen molar-refractivity contribution in [3.8, 4) is 5.69 Å². The first kappa shape index (κ1) is 12.5. The summed E-state index contributed by atoms with van der Waals surface area (Å²) in [7, 11) is 0. The van der Waals surface area contributed by atoms with Crippen molar-refractivity contribution in [3.05, 3.63) is 30.1 Å². The molecule has 6 nitrogen and oxygen atoms in total. The number of aryl methyl sites for hydroxylation is 1. The van der Waals surface area contributed by atoms with Crippen LogP contribution in [0.25, 0.3) is 5.69 Å². The Labute approximate surface area is 109 Å². The molecule has 1 unspecified atom stereocenters. The van der Waals surface area contributed by atoms with Crippen LogP contribution in [0.3, 0.4) is 0 Å². The zero-order chi connectivity index (χ0) is 13.1. The molecule has 0 saturated heterocycles. The number of amides is 1. The highest BCUT2D eigenvalue weighted by molar-refractivity contribution is 6.32. The van der Waals surface area contributed by atoms with Crippen LogP contribution in [-0.4, -0.2) is 31.5 Å². The SMILES string of the molecule is Cc1nnnn1-c1cccc(NC(=O)C(C)Cl)c1. The van der Waals surface area contributed by atoms with Gasteiger partial charge >= 0.3 is 0 Å². The van der Waals surface area contributed by atoms with Gasteiger partial charge in [-0.1, -0.05) is 6.07 Å². The summed E-state index contributed by atoms with van der Waals surface area (Å²) < 4.78 is 1.58. The van der Waals surface area contributed by atoms with Crippen LogP contribution in [0.4, 0.5) is 5.69 Å². The van der Waals surface area contributed by atoms with Crippen molar-refractivity contribution in [3.63, 3.8) is 0 Å². The van der Waals surface area contributed by atoms with E-state index in [1.54, 1.807) is 30.7 Å². The molecular formula is C11H12ClN5O. The van der Waals surface area contributed by atoms with Crippen LogP contribution in [0.15, 0.2) is 24.3 Å². The maximum atomic E-state index is 11.5. The monoisotopic (exact) mass is 265 g/mol. The number of alkyl halides is 1. The average Bonchev–Trinajstić information content (AvgIpc) is 2.75. The Kier molecular flexibility index (Phi) is 3.57. The van der Waals surface area contributed by atoms with Crippen LogP contribution in [0.1, 0.15) is 12.7 Å². The predicted octanol–water partition coefficient (Wildman–Crippen LogP) is 1.54. The van der Waals surface area contributed by atoms with E-state index < -0.39 is 5.38 Å². The van der Waals surface area contributed by atoms with Gasteiger partial charge in [-0.15, -0.1) is 16.7 Å². The maximum Gasteiger partial charge on any atom is 0.242 e. The van der Waals surface area contributed by atoms with Crippen molar-refractivity contribution >= 4 is 23.2 Å². The molecule has 7 heteroatoms. The molecule has 2 aromatic rings. The molecule has 0 fully saturated rings. The molecule has 2 rings (SSSR count). The van der Waals surface area contributed by atoms with Crippen LogP contribution in [0.2, 0.25) is 0 Å². The minimum absolute atomic E-state index is 0.248. The van der Waals surface area contributed by atoms with E-state index in [4.69, 9.17) is 11.6 Å². The molecule has 0 bridgehead atoms. The van der Waals surface area contributed by atoms with Gasteiger partial charge in [0.15, 0.2) is 5.82 Å². The molecule has 1 N–H and O–H groups in total. The topological polar surface area (TPSA) is 72.7 Å². The van der Waals surface area contributed by atoms with E-state index in [-0.39, 0.29) is 5.91 Å². The smallest absolute Gasteiger partial charge is 0.242 e. The largest absolute Gasteiger partial charge is 0.325 e. The van der Waals surface area contributed by atoms with E-state index >= 15 is 0 Å². The van der Waals surface area contributed by atoms with Gasteiger partial charge in [-0.3, -0.25) is 4.79 Å². The van der Waals surface area contributed by atoms with Crippen LogP contribution in [0.5, 0.6) is 0 Å². The zero-order valence-corrected chi connectivity index (χ0v) is 10.7. The second kappa shape index (κ2) is 5.14. The predicted molar refractivity (Wildman–Crippen MR) is 67.8 cm³/mol. The molecule has 0 aliphatic rings. The first-order chi connectivity index (χ1) is 8.58. The number of benzene rings is 1. The Hall–Kier alpha value is -1.95. The Bertz CT molecular complexity index is 566. The second-order valence-corrected chi connectivity index (χ2v) is 4.45. The third-order valence-corrected chi connectivity index (χ3v) is 2.54. The van der Waals surface area contributed by atoms with Gasteiger partial charge in [-0.25, -0.2) is 0 Å². The Balaban J connectivity index is 2.26.